The summed E-state index contributed by atoms with van der Waals surface area (Å²) in [7, 11) is 0. The highest BCUT2D eigenvalue weighted by Crippen LogP contribution is 2.40. The van der Waals surface area contributed by atoms with E-state index in [1.807, 2.05) is 27.7 Å². The molecule has 10 heteroatoms. The Morgan fingerprint density at radius 3 is 1.73 bits per heavy atom. The maximum absolute atomic E-state index is 13.4. The lowest BCUT2D eigenvalue weighted by Crippen LogP contribution is -2.13. The quantitative estimate of drug-likeness (QED) is 0.155. The fourth-order valence-corrected chi connectivity index (χ4v) is 4.38. The monoisotopic (exact) mass is 616 g/mol. The number of phenolic OH excluding ortho intramolecular Hbond substituents is 2. The molecule has 0 fully saturated rings. The first-order valence-corrected chi connectivity index (χ1v) is 13.4. The van der Waals surface area contributed by atoms with Crippen molar-refractivity contribution in [2.24, 2.45) is 0 Å². The maximum atomic E-state index is 13.4. The van der Waals surface area contributed by atoms with Crippen molar-refractivity contribution in [3.8, 4) is 41.9 Å². The molecule has 40 heavy (non-hydrogen) atoms. The molecule has 0 radical (unpaired) electrons. The minimum absolute atomic E-state index is 0.0345. The number of hydrogen-bond acceptors (Lipinski definition) is 4. The molecule has 0 saturated heterocycles. The molecule has 0 amide bonds. The highest BCUT2D eigenvalue weighted by Gasteiger charge is 2.30. The number of ketones is 2. The summed E-state index contributed by atoms with van der Waals surface area (Å²) in [5.74, 6) is 2.54. The third-order valence-electron chi connectivity index (χ3n) is 5.27. The Labute approximate surface area is 252 Å². The number of nitrogens with zero attached hydrogens (tertiary/aromatic N) is 1. The molecule has 6 nitrogen and oxygen atoms in total. The molecule has 3 N–H and O–H groups in total. The van der Waals surface area contributed by atoms with Gasteiger partial charge in [-0.3, -0.25) is 14.2 Å². The van der Waals surface area contributed by atoms with E-state index in [9.17, 15) is 19.8 Å². The molecule has 206 valence electrons. The maximum Gasteiger partial charge on any atom is 0.215 e. The summed E-state index contributed by atoms with van der Waals surface area (Å²) < 4.78 is 1.13. The normalized spacial score (nSPS) is 9.85. The molecule has 0 aliphatic rings. The van der Waals surface area contributed by atoms with Gasteiger partial charge < -0.3 is 15.2 Å². The van der Waals surface area contributed by atoms with Crippen LogP contribution < -0.4 is 0 Å². The first kappa shape index (κ1) is 32.4. The number of hydrogen-bond donors (Lipinski definition) is 3. The van der Waals surface area contributed by atoms with Crippen LogP contribution in [0, 0.1) is 24.7 Å². The Morgan fingerprint density at radius 1 is 0.800 bits per heavy atom. The van der Waals surface area contributed by atoms with Crippen molar-refractivity contribution in [1.82, 2.24) is 9.55 Å². The van der Waals surface area contributed by atoms with Crippen LogP contribution in [0.15, 0.2) is 42.5 Å². The summed E-state index contributed by atoms with van der Waals surface area (Å²) in [6.07, 6.45) is 10.7. The Balaban J connectivity index is 0.00000134. The van der Waals surface area contributed by atoms with E-state index in [4.69, 9.17) is 59.3 Å². The van der Waals surface area contributed by atoms with Gasteiger partial charge in [0.1, 0.15) is 32.5 Å². The Bertz CT molecular complexity index is 1550. The molecule has 0 spiro atoms. The van der Waals surface area contributed by atoms with E-state index in [1.54, 1.807) is 0 Å². The van der Waals surface area contributed by atoms with Crippen LogP contribution in [0.4, 0.5) is 0 Å². The van der Waals surface area contributed by atoms with Crippen molar-refractivity contribution < 1.29 is 19.8 Å². The average molecular weight is 618 g/mol. The smallest absolute Gasteiger partial charge is 0.215 e. The van der Waals surface area contributed by atoms with Crippen LogP contribution in [0.5, 0.6) is 11.5 Å². The Hall–Kier alpha value is -3.78. The lowest BCUT2D eigenvalue weighted by Gasteiger charge is -2.13. The zero-order valence-electron chi connectivity index (χ0n) is 21.9. The molecule has 4 rings (SSSR count). The second-order valence-electron chi connectivity index (χ2n) is 7.39. The summed E-state index contributed by atoms with van der Waals surface area (Å²) in [6.45, 7) is 8.00. The number of benzene rings is 2. The number of rotatable bonds is 5. The summed E-state index contributed by atoms with van der Waals surface area (Å²) >= 11 is 25.3. The SMILES string of the molecule is C#Cc1ccc(C(=O)c2[nH]c(Cl)c(Cl)c2-n2c(C(=O)c3ccc(C#C)cc3O)cc(Cl)c2Cl)c(O)c1.CC.CC. The van der Waals surface area contributed by atoms with Gasteiger partial charge >= 0.3 is 0 Å². The molecule has 0 saturated carbocycles. The summed E-state index contributed by atoms with van der Waals surface area (Å²) in [5.41, 5.74) is 0.0853. The van der Waals surface area contributed by atoms with E-state index in [0.29, 0.717) is 11.1 Å². The molecule has 0 atom stereocenters. The number of carbonyl (C=O) groups excluding carboxylic acids is 2. The second kappa shape index (κ2) is 14.0. The lowest BCUT2D eigenvalue weighted by atomic mass is 10.0. The van der Waals surface area contributed by atoms with Crippen LogP contribution in [-0.2, 0) is 0 Å². The number of halogens is 4. The number of terminal acetylenes is 2. The number of aromatic hydroxyl groups is 2. The molecular weight excluding hydrogens is 594 g/mol. The van der Waals surface area contributed by atoms with Gasteiger partial charge in [-0.2, -0.15) is 0 Å². The highest BCUT2D eigenvalue weighted by atomic mass is 35.5. The fourth-order valence-electron chi connectivity index (χ4n) is 3.55. The van der Waals surface area contributed by atoms with Crippen molar-refractivity contribution in [3.63, 3.8) is 0 Å². The number of carbonyl (C=O) groups is 2. The van der Waals surface area contributed by atoms with Crippen molar-refractivity contribution >= 4 is 58.0 Å². The van der Waals surface area contributed by atoms with Crippen LogP contribution >= 0.6 is 46.4 Å². The largest absolute Gasteiger partial charge is 0.507 e. The van der Waals surface area contributed by atoms with E-state index in [-0.39, 0.29) is 60.1 Å². The number of H-pyrrole nitrogens is 1. The van der Waals surface area contributed by atoms with Crippen LogP contribution in [0.3, 0.4) is 0 Å². The zero-order chi connectivity index (χ0) is 30.3. The fraction of sp³-hybridized carbons (Fsp3) is 0.133. The molecule has 0 unspecified atom stereocenters. The topological polar surface area (TPSA) is 95.3 Å². The van der Waals surface area contributed by atoms with Crippen LogP contribution in [0.25, 0.3) is 5.69 Å². The third kappa shape index (κ3) is 6.17. The minimum atomic E-state index is -0.722. The predicted molar refractivity (Wildman–Crippen MR) is 162 cm³/mol. The van der Waals surface area contributed by atoms with E-state index in [1.165, 1.54) is 42.5 Å². The first-order valence-electron chi connectivity index (χ1n) is 11.9. The van der Waals surface area contributed by atoms with Crippen LogP contribution in [0.1, 0.15) is 70.9 Å². The standard InChI is InChI=1S/C26H12Cl4N2O4.2C2H6/c1-3-12-5-7-14(18(33)9-12)23(35)17-11-16(27)26(30)32(17)22-20(28)25(29)31-21(22)24(36)15-8-6-13(4-2)10-19(15)34;2*1-2/h1-2,5-11,31,33-34H;2*1-2H3. The molecule has 0 aliphatic carbocycles. The van der Waals surface area contributed by atoms with Crippen molar-refractivity contribution in [3.05, 3.63) is 96.5 Å². The highest BCUT2D eigenvalue weighted by molar-refractivity contribution is 6.45. The van der Waals surface area contributed by atoms with E-state index < -0.39 is 11.6 Å². The second-order valence-corrected chi connectivity index (χ2v) is 8.91. The Kier molecular flexibility index (Phi) is 11.4. The number of aromatic amines is 1. The van der Waals surface area contributed by atoms with Gasteiger partial charge in [-0.25, -0.2) is 0 Å². The van der Waals surface area contributed by atoms with Gasteiger partial charge in [-0.15, -0.1) is 12.8 Å². The summed E-state index contributed by atoms with van der Waals surface area (Å²) in [6, 6.07) is 9.37. The molecular formula is C30H24Cl4N2O4. The van der Waals surface area contributed by atoms with Gasteiger partial charge in [-0.05, 0) is 42.5 Å². The van der Waals surface area contributed by atoms with Gasteiger partial charge in [0.05, 0.1) is 27.5 Å². The van der Waals surface area contributed by atoms with E-state index in [2.05, 4.69) is 16.8 Å². The van der Waals surface area contributed by atoms with E-state index >= 15 is 0 Å². The Morgan fingerprint density at radius 2 is 1.27 bits per heavy atom. The first-order chi connectivity index (χ1) is 19.1. The molecule has 0 aliphatic heterocycles. The summed E-state index contributed by atoms with van der Waals surface area (Å²) in [4.78, 5) is 29.5. The number of aromatic nitrogens is 2. The minimum Gasteiger partial charge on any atom is -0.507 e. The number of nitrogens with one attached hydrogen (secondary N) is 1. The predicted octanol–water partition coefficient (Wildman–Crippen LogP) is 8.31. The summed E-state index contributed by atoms with van der Waals surface area (Å²) in [5, 5.41) is 20.3. The lowest BCUT2D eigenvalue weighted by molar-refractivity contribution is 0.101. The van der Waals surface area contributed by atoms with Gasteiger partial charge in [0.2, 0.25) is 11.6 Å². The van der Waals surface area contributed by atoms with Gasteiger partial charge in [0, 0.05) is 11.1 Å². The van der Waals surface area contributed by atoms with Gasteiger partial charge in [0.15, 0.2) is 0 Å². The molecule has 2 aromatic carbocycles. The van der Waals surface area contributed by atoms with Crippen molar-refractivity contribution in [2.75, 3.05) is 0 Å². The molecule has 4 aromatic rings. The molecule has 0 bridgehead atoms. The molecule has 2 aromatic heterocycles. The van der Waals surface area contributed by atoms with Gasteiger partial charge in [-0.1, -0.05) is 85.9 Å². The van der Waals surface area contributed by atoms with Crippen LogP contribution in [-0.4, -0.2) is 31.3 Å². The molecule has 2 heterocycles. The zero-order valence-corrected chi connectivity index (χ0v) is 24.9. The third-order valence-corrected chi connectivity index (χ3v) is 6.78. The van der Waals surface area contributed by atoms with Crippen LogP contribution in [0.2, 0.25) is 20.4 Å². The van der Waals surface area contributed by atoms with E-state index in [0.717, 1.165) is 4.57 Å². The number of phenols is 2. The van der Waals surface area contributed by atoms with Crippen molar-refractivity contribution in [1.29, 1.82) is 0 Å². The van der Waals surface area contributed by atoms with Crippen molar-refractivity contribution in [2.45, 2.75) is 27.7 Å². The average Bonchev–Trinajstić information content (AvgIpc) is 3.43. The van der Waals surface area contributed by atoms with Gasteiger partial charge in [0.25, 0.3) is 0 Å².